The molecule has 0 aliphatic carbocycles. The summed E-state index contributed by atoms with van der Waals surface area (Å²) in [7, 11) is 0. The lowest BCUT2D eigenvalue weighted by Crippen LogP contribution is -2.35. The molecule has 94 valence electrons. The van der Waals surface area contributed by atoms with Crippen LogP contribution in [0, 0.1) is 0 Å². The summed E-state index contributed by atoms with van der Waals surface area (Å²) in [5.41, 5.74) is -1.09. The fraction of sp³-hybridized carbons (Fsp3) is 0.556. The molecule has 1 aromatic rings. The molecule has 0 amide bonds. The Kier molecular flexibility index (Phi) is 3.66. The first-order valence-corrected chi connectivity index (χ1v) is 6.19. The second-order valence-electron chi connectivity index (χ2n) is 3.70. The molecule has 2 rings (SSSR count). The lowest BCUT2D eigenvalue weighted by molar-refractivity contribution is -0.0456. The number of nitrogens with zero attached hydrogens (tertiary/aromatic N) is 1. The average molecular weight is 354 g/mol. The van der Waals surface area contributed by atoms with Gasteiger partial charge in [0.1, 0.15) is 6.10 Å². The van der Waals surface area contributed by atoms with Gasteiger partial charge in [0.15, 0.2) is 6.23 Å². The molecule has 1 aromatic heterocycles. The van der Waals surface area contributed by atoms with Gasteiger partial charge in [-0.05, 0) is 0 Å². The number of aliphatic hydroxyl groups excluding tert-OH is 2. The van der Waals surface area contributed by atoms with E-state index < -0.39 is 29.7 Å². The molecular weight excluding hydrogens is 343 g/mol. The van der Waals surface area contributed by atoms with E-state index in [1.54, 1.807) is 0 Å². The SMILES string of the molecule is O=c1ccn([C@@H]2O[C@H](CO)[C@@H](O)[C@H]2I)c(=O)[nH]1. The molecule has 2 heterocycles. The fourth-order valence-electron chi connectivity index (χ4n) is 1.71. The van der Waals surface area contributed by atoms with Crippen LogP contribution in [0.4, 0.5) is 0 Å². The molecule has 4 atom stereocenters. The lowest BCUT2D eigenvalue weighted by Gasteiger charge is -2.16. The summed E-state index contributed by atoms with van der Waals surface area (Å²) in [6, 6.07) is 1.20. The number of halogens is 1. The standard InChI is InChI=1S/C9H11IN2O5/c10-6-7(15)4(3-13)17-8(6)12-2-1-5(14)11-9(12)16/h1-2,4,6-8,13,15H,3H2,(H,11,14,16)/t4-,6-,7-,8-/m1/s1. The Morgan fingerprint density at radius 1 is 1.53 bits per heavy atom. The monoisotopic (exact) mass is 354 g/mol. The van der Waals surface area contributed by atoms with Crippen LogP contribution in [0.1, 0.15) is 6.23 Å². The van der Waals surface area contributed by atoms with Crippen molar-refractivity contribution < 1.29 is 14.9 Å². The molecular formula is C9H11IN2O5. The van der Waals surface area contributed by atoms with Gasteiger partial charge < -0.3 is 14.9 Å². The summed E-state index contributed by atoms with van der Waals surface area (Å²) >= 11 is 1.95. The number of aromatic nitrogens is 2. The number of aliphatic hydroxyl groups is 2. The number of aromatic amines is 1. The number of rotatable bonds is 2. The summed E-state index contributed by atoms with van der Waals surface area (Å²) in [5, 5.41) is 18.8. The minimum atomic E-state index is -0.857. The van der Waals surface area contributed by atoms with Crippen molar-refractivity contribution in [2.45, 2.75) is 22.4 Å². The number of hydrogen-bond acceptors (Lipinski definition) is 5. The maximum absolute atomic E-state index is 11.6. The van der Waals surface area contributed by atoms with Crippen LogP contribution >= 0.6 is 22.6 Å². The minimum absolute atomic E-state index is 0.324. The van der Waals surface area contributed by atoms with Crippen molar-refractivity contribution >= 4 is 22.6 Å². The zero-order valence-electron chi connectivity index (χ0n) is 8.62. The van der Waals surface area contributed by atoms with Gasteiger partial charge >= 0.3 is 5.69 Å². The third-order valence-electron chi connectivity index (χ3n) is 2.60. The molecule has 1 fully saturated rings. The van der Waals surface area contributed by atoms with E-state index in [-0.39, 0.29) is 10.5 Å². The molecule has 1 aliphatic rings. The highest BCUT2D eigenvalue weighted by atomic mass is 127. The summed E-state index contributed by atoms with van der Waals surface area (Å²) in [6.45, 7) is -0.324. The van der Waals surface area contributed by atoms with E-state index >= 15 is 0 Å². The molecule has 0 aromatic carbocycles. The lowest BCUT2D eigenvalue weighted by atomic mass is 10.2. The Morgan fingerprint density at radius 2 is 2.24 bits per heavy atom. The van der Waals surface area contributed by atoms with Crippen molar-refractivity contribution in [2.75, 3.05) is 6.61 Å². The third kappa shape index (κ3) is 2.30. The zero-order chi connectivity index (χ0) is 12.6. The van der Waals surface area contributed by atoms with Crippen LogP contribution in [0.25, 0.3) is 0 Å². The highest BCUT2D eigenvalue weighted by molar-refractivity contribution is 14.1. The van der Waals surface area contributed by atoms with E-state index in [9.17, 15) is 14.7 Å². The summed E-state index contributed by atoms with van der Waals surface area (Å²) < 4.78 is 6.19. The van der Waals surface area contributed by atoms with Gasteiger partial charge in [-0.3, -0.25) is 14.3 Å². The summed E-state index contributed by atoms with van der Waals surface area (Å²) in [4.78, 5) is 24.6. The number of hydrogen-bond donors (Lipinski definition) is 3. The fourth-order valence-corrected chi connectivity index (χ4v) is 2.69. The van der Waals surface area contributed by atoms with E-state index in [1.807, 2.05) is 22.6 Å². The molecule has 0 saturated carbocycles. The van der Waals surface area contributed by atoms with Crippen molar-refractivity contribution in [2.24, 2.45) is 0 Å². The second kappa shape index (κ2) is 4.88. The molecule has 1 saturated heterocycles. The van der Waals surface area contributed by atoms with Gasteiger partial charge in [0.05, 0.1) is 16.6 Å². The summed E-state index contributed by atoms with van der Waals surface area (Å²) in [6.07, 6.45) is -0.971. The Balaban J connectivity index is 2.35. The van der Waals surface area contributed by atoms with Crippen LogP contribution in [0.3, 0.4) is 0 Å². The van der Waals surface area contributed by atoms with Gasteiger partial charge in [-0.25, -0.2) is 4.79 Å². The van der Waals surface area contributed by atoms with Crippen molar-refractivity contribution in [1.82, 2.24) is 9.55 Å². The molecule has 0 radical (unpaired) electrons. The largest absolute Gasteiger partial charge is 0.394 e. The topological polar surface area (TPSA) is 105 Å². The highest BCUT2D eigenvalue weighted by Crippen LogP contribution is 2.33. The molecule has 0 bridgehead atoms. The molecule has 0 unspecified atom stereocenters. The minimum Gasteiger partial charge on any atom is -0.394 e. The maximum Gasteiger partial charge on any atom is 0.330 e. The number of H-pyrrole nitrogens is 1. The predicted octanol–water partition coefficient (Wildman–Crippen LogP) is -1.41. The molecule has 7 nitrogen and oxygen atoms in total. The van der Waals surface area contributed by atoms with Crippen LogP contribution in [0.5, 0.6) is 0 Å². The van der Waals surface area contributed by atoms with E-state index in [4.69, 9.17) is 9.84 Å². The van der Waals surface area contributed by atoms with Gasteiger partial charge in [0.25, 0.3) is 5.56 Å². The number of ether oxygens (including phenoxy) is 1. The van der Waals surface area contributed by atoms with E-state index in [1.165, 1.54) is 16.8 Å². The molecule has 8 heteroatoms. The van der Waals surface area contributed by atoms with Crippen molar-refractivity contribution in [3.8, 4) is 0 Å². The third-order valence-corrected chi connectivity index (χ3v) is 3.95. The molecule has 1 aliphatic heterocycles. The van der Waals surface area contributed by atoms with Gasteiger partial charge in [0, 0.05) is 12.3 Å². The van der Waals surface area contributed by atoms with Crippen LogP contribution in [0.15, 0.2) is 21.9 Å². The Bertz CT molecular complexity index is 513. The van der Waals surface area contributed by atoms with Crippen molar-refractivity contribution in [1.29, 1.82) is 0 Å². The summed E-state index contributed by atoms with van der Waals surface area (Å²) in [5.74, 6) is 0. The van der Waals surface area contributed by atoms with Crippen molar-refractivity contribution in [3.05, 3.63) is 33.1 Å². The normalized spacial score (nSPS) is 32.9. The zero-order valence-corrected chi connectivity index (χ0v) is 10.8. The molecule has 3 N–H and O–H groups in total. The first-order chi connectivity index (χ1) is 8.04. The number of nitrogens with one attached hydrogen (secondary N) is 1. The number of alkyl halides is 1. The van der Waals surface area contributed by atoms with Gasteiger partial charge in [0.2, 0.25) is 0 Å². The smallest absolute Gasteiger partial charge is 0.330 e. The molecule has 0 spiro atoms. The van der Waals surface area contributed by atoms with Gasteiger partial charge in [-0.1, -0.05) is 22.6 Å². The van der Waals surface area contributed by atoms with Gasteiger partial charge in [-0.15, -0.1) is 0 Å². The first kappa shape index (κ1) is 12.7. The van der Waals surface area contributed by atoms with Crippen LogP contribution in [0.2, 0.25) is 0 Å². The first-order valence-electron chi connectivity index (χ1n) is 4.94. The quantitative estimate of drug-likeness (QED) is 0.447. The van der Waals surface area contributed by atoms with E-state index in [0.29, 0.717) is 0 Å². The van der Waals surface area contributed by atoms with Crippen LogP contribution in [-0.4, -0.2) is 42.5 Å². The molecule has 17 heavy (non-hydrogen) atoms. The van der Waals surface area contributed by atoms with Crippen LogP contribution in [-0.2, 0) is 4.74 Å². The van der Waals surface area contributed by atoms with Crippen molar-refractivity contribution in [3.63, 3.8) is 0 Å². The van der Waals surface area contributed by atoms with Gasteiger partial charge in [-0.2, -0.15) is 0 Å². The highest BCUT2D eigenvalue weighted by Gasteiger charge is 2.43. The Morgan fingerprint density at radius 3 is 2.76 bits per heavy atom. The van der Waals surface area contributed by atoms with Crippen LogP contribution < -0.4 is 11.2 Å². The predicted molar refractivity (Wildman–Crippen MR) is 66.1 cm³/mol. The Labute approximate surface area is 109 Å². The Hall–Kier alpha value is -0.710. The average Bonchev–Trinajstić information content (AvgIpc) is 2.57. The van der Waals surface area contributed by atoms with E-state index in [2.05, 4.69) is 4.98 Å². The second-order valence-corrected chi connectivity index (χ2v) is 5.14. The van der Waals surface area contributed by atoms with E-state index in [0.717, 1.165) is 0 Å². The maximum atomic E-state index is 11.6.